The molecule has 6 nitrogen and oxygen atoms in total. The van der Waals surface area contributed by atoms with Gasteiger partial charge in [-0.15, -0.1) is 10.2 Å². The molecule has 0 unspecified atom stereocenters. The van der Waals surface area contributed by atoms with Gasteiger partial charge >= 0.3 is 5.97 Å². The molecule has 2 N–H and O–H groups in total. The van der Waals surface area contributed by atoms with Gasteiger partial charge in [0.25, 0.3) is 0 Å². The van der Waals surface area contributed by atoms with Crippen molar-refractivity contribution in [1.82, 2.24) is 10.2 Å². The van der Waals surface area contributed by atoms with E-state index in [0.717, 1.165) is 0 Å². The lowest BCUT2D eigenvalue weighted by molar-refractivity contribution is 0.0696. The molecule has 0 atom stereocenters. The summed E-state index contributed by atoms with van der Waals surface area (Å²) in [5.74, 6) is -0.287. The minimum absolute atomic E-state index is 0.117. The monoisotopic (exact) mass is 279 g/mol. The van der Waals surface area contributed by atoms with Crippen LogP contribution in [0, 0.1) is 0 Å². The van der Waals surface area contributed by atoms with Gasteiger partial charge < -0.3 is 15.2 Å². The molecule has 0 aliphatic rings. The summed E-state index contributed by atoms with van der Waals surface area (Å²) in [5, 5.41) is 19.1. The van der Waals surface area contributed by atoms with Crippen molar-refractivity contribution in [3.8, 4) is 5.75 Å². The lowest BCUT2D eigenvalue weighted by Gasteiger charge is -2.10. The Morgan fingerprint density at radius 1 is 1.37 bits per heavy atom. The topological polar surface area (TPSA) is 84.3 Å². The van der Waals surface area contributed by atoms with Crippen molar-refractivity contribution in [1.29, 1.82) is 0 Å². The smallest absolute Gasteiger partial charge is 0.339 e. The van der Waals surface area contributed by atoms with E-state index in [-0.39, 0.29) is 16.5 Å². The number of hydrogen-bond donors (Lipinski definition) is 2. The van der Waals surface area contributed by atoms with Gasteiger partial charge in [-0.3, -0.25) is 0 Å². The van der Waals surface area contributed by atoms with E-state index in [1.54, 1.807) is 12.1 Å². The van der Waals surface area contributed by atoms with Gasteiger partial charge in [-0.25, -0.2) is 4.79 Å². The Balaban J connectivity index is 2.33. The third-order valence-electron chi connectivity index (χ3n) is 2.35. The second-order valence-electron chi connectivity index (χ2n) is 3.56. The number of carboxylic acid groups (broad SMARTS) is 1. The number of anilines is 2. The molecular weight excluding hydrogens is 270 g/mol. The van der Waals surface area contributed by atoms with E-state index in [9.17, 15) is 4.79 Å². The number of aromatic nitrogens is 2. The zero-order valence-electron chi connectivity index (χ0n) is 9.92. The molecule has 0 aliphatic heterocycles. The third-order valence-corrected chi connectivity index (χ3v) is 2.63. The van der Waals surface area contributed by atoms with Crippen LogP contribution in [0.3, 0.4) is 0 Å². The van der Waals surface area contributed by atoms with Crippen molar-refractivity contribution in [2.75, 3.05) is 12.4 Å². The van der Waals surface area contributed by atoms with Crippen LogP contribution in [0.5, 0.6) is 5.75 Å². The predicted molar refractivity (Wildman–Crippen MR) is 70.3 cm³/mol. The summed E-state index contributed by atoms with van der Waals surface area (Å²) in [6.45, 7) is 0. The summed E-state index contributed by atoms with van der Waals surface area (Å²) in [5.41, 5.74) is 0.534. The first kappa shape index (κ1) is 13.1. The molecule has 7 heteroatoms. The highest BCUT2D eigenvalue weighted by Crippen LogP contribution is 2.26. The van der Waals surface area contributed by atoms with Crippen LogP contribution in [0.1, 0.15) is 10.4 Å². The van der Waals surface area contributed by atoms with Crippen molar-refractivity contribution in [3.63, 3.8) is 0 Å². The van der Waals surface area contributed by atoms with Crippen LogP contribution in [-0.2, 0) is 0 Å². The van der Waals surface area contributed by atoms with E-state index in [1.165, 1.54) is 13.2 Å². The van der Waals surface area contributed by atoms with Gasteiger partial charge in [-0.1, -0.05) is 23.7 Å². The van der Waals surface area contributed by atoms with E-state index < -0.39 is 5.97 Å². The van der Waals surface area contributed by atoms with E-state index >= 15 is 0 Å². The fourth-order valence-electron chi connectivity index (χ4n) is 1.47. The minimum Gasteiger partial charge on any atom is -0.495 e. The van der Waals surface area contributed by atoms with Gasteiger partial charge in [-0.05, 0) is 12.1 Å². The van der Waals surface area contributed by atoms with Crippen LogP contribution in [0.15, 0.2) is 30.3 Å². The van der Waals surface area contributed by atoms with E-state index in [1.807, 2.05) is 12.1 Å². The summed E-state index contributed by atoms with van der Waals surface area (Å²) in [7, 11) is 1.54. The highest BCUT2D eigenvalue weighted by atomic mass is 35.5. The van der Waals surface area contributed by atoms with Crippen LogP contribution in [0.25, 0.3) is 0 Å². The van der Waals surface area contributed by atoms with Gasteiger partial charge in [0.05, 0.1) is 12.8 Å². The number of nitrogens with zero attached hydrogens (tertiary/aromatic N) is 2. The summed E-state index contributed by atoms with van der Waals surface area (Å²) in [6.07, 6.45) is 0. The molecule has 2 aromatic rings. The molecule has 0 saturated heterocycles. The second-order valence-corrected chi connectivity index (χ2v) is 3.92. The molecule has 2 rings (SSSR count). The largest absolute Gasteiger partial charge is 0.495 e. The molecule has 0 spiro atoms. The molecule has 0 bridgehead atoms. The molecule has 0 radical (unpaired) electrons. The number of methoxy groups -OCH3 is 1. The SMILES string of the molecule is COc1ccccc1Nc1cc(C(=O)O)c(Cl)nn1. The number of para-hydroxylation sites is 2. The van der Waals surface area contributed by atoms with Crippen molar-refractivity contribution < 1.29 is 14.6 Å². The highest BCUT2D eigenvalue weighted by Gasteiger charge is 2.12. The molecule has 1 aromatic heterocycles. The Hall–Kier alpha value is -2.34. The molecule has 0 aliphatic carbocycles. The maximum Gasteiger partial charge on any atom is 0.339 e. The summed E-state index contributed by atoms with van der Waals surface area (Å²) in [4.78, 5) is 10.9. The molecule has 98 valence electrons. The van der Waals surface area contributed by atoms with Crippen LogP contribution in [0.4, 0.5) is 11.5 Å². The van der Waals surface area contributed by atoms with Crippen molar-refractivity contribution in [3.05, 3.63) is 41.0 Å². The van der Waals surface area contributed by atoms with Gasteiger partial charge in [-0.2, -0.15) is 0 Å². The van der Waals surface area contributed by atoms with Crippen LogP contribution < -0.4 is 10.1 Å². The zero-order chi connectivity index (χ0) is 13.8. The number of benzene rings is 1. The number of carbonyl (C=O) groups is 1. The van der Waals surface area contributed by atoms with Gasteiger partial charge in [0.2, 0.25) is 0 Å². The first-order chi connectivity index (χ1) is 9.11. The van der Waals surface area contributed by atoms with Crippen LogP contribution in [0.2, 0.25) is 5.15 Å². The van der Waals surface area contributed by atoms with Crippen molar-refractivity contribution in [2.24, 2.45) is 0 Å². The molecule has 1 aromatic carbocycles. The molecular formula is C12H10ClN3O3. The Morgan fingerprint density at radius 3 is 2.79 bits per heavy atom. The molecule has 1 heterocycles. The number of rotatable bonds is 4. The van der Waals surface area contributed by atoms with Crippen molar-refractivity contribution in [2.45, 2.75) is 0 Å². The summed E-state index contributed by atoms with van der Waals surface area (Å²) < 4.78 is 5.17. The Kier molecular flexibility index (Phi) is 3.82. The quantitative estimate of drug-likeness (QED) is 0.895. The normalized spacial score (nSPS) is 10.0. The summed E-state index contributed by atoms with van der Waals surface area (Å²) in [6, 6.07) is 8.48. The number of halogens is 1. The highest BCUT2D eigenvalue weighted by molar-refractivity contribution is 6.32. The Bertz CT molecular complexity index is 619. The van der Waals surface area contributed by atoms with Crippen LogP contribution >= 0.6 is 11.6 Å². The number of hydrogen-bond acceptors (Lipinski definition) is 5. The van der Waals surface area contributed by atoms with Gasteiger partial charge in [0, 0.05) is 6.07 Å². The van der Waals surface area contributed by atoms with E-state index in [0.29, 0.717) is 11.4 Å². The zero-order valence-corrected chi connectivity index (χ0v) is 10.7. The van der Waals surface area contributed by atoms with Crippen LogP contribution in [-0.4, -0.2) is 28.4 Å². The fourth-order valence-corrected chi connectivity index (χ4v) is 1.65. The predicted octanol–water partition coefficient (Wildman–Crippen LogP) is 2.58. The van der Waals surface area contributed by atoms with E-state index in [4.69, 9.17) is 21.4 Å². The van der Waals surface area contributed by atoms with Gasteiger partial charge in [0.1, 0.15) is 11.3 Å². The summed E-state index contributed by atoms with van der Waals surface area (Å²) >= 11 is 5.65. The fraction of sp³-hybridized carbons (Fsp3) is 0.0833. The number of nitrogens with one attached hydrogen (secondary N) is 1. The number of ether oxygens (including phenoxy) is 1. The first-order valence-corrected chi connectivity index (χ1v) is 5.66. The second kappa shape index (κ2) is 5.53. The minimum atomic E-state index is -1.16. The molecule has 19 heavy (non-hydrogen) atoms. The molecule has 0 saturated carbocycles. The molecule has 0 amide bonds. The van der Waals surface area contributed by atoms with Crippen molar-refractivity contribution >= 4 is 29.1 Å². The van der Waals surface area contributed by atoms with Gasteiger partial charge in [0.15, 0.2) is 11.0 Å². The van der Waals surface area contributed by atoms with E-state index in [2.05, 4.69) is 15.5 Å². The first-order valence-electron chi connectivity index (χ1n) is 5.28. The number of aromatic carboxylic acids is 1. The average Bonchev–Trinajstić information content (AvgIpc) is 2.41. The number of carboxylic acids is 1. The maximum absolute atomic E-state index is 10.9. The molecule has 0 fully saturated rings. The Morgan fingerprint density at radius 2 is 2.11 bits per heavy atom. The average molecular weight is 280 g/mol. The Labute approximate surface area is 114 Å². The lowest BCUT2D eigenvalue weighted by atomic mass is 10.2. The maximum atomic E-state index is 10.9. The standard InChI is InChI=1S/C12H10ClN3O3/c1-19-9-5-3-2-4-8(9)14-10-6-7(12(17)18)11(13)16-15-10/h2-6H,1H3,(H,14,15)(H,17,18). The lowest BCUT2D eigenvalue weighted by Crippen LogP contribution is -2.04. The third kappa shape index (κ3) is 2.92.